The van der Waals surface area contributed by atoms with E-state index in [2.05, 4.69) is 0 Å². The van der Waals surface area contributed by atoms with Crippen molar-refractivity contribution in [3.63, 3.8) is 0 Å². The summed E-state index contributed by atoms with van der Waals surface area (Å²) in [6.07, 6.45) is -6.82. The van der Waals surface area contributed by atoms with Crippen LogP contribution in [-0.4, -0.2) is 40.9 Å². The van der Waals surface area contributed by atoms with Gasteiger partial charge in [0.2, 0.25) is 0 Å². The summed E-state index contributed by atoms with van der Waals surface area (Å²) in [4.78, 5) is 20.3. The molecular formula is C7H10F3NO4. The van der Waals surface area contributed by atoms with Crippen LogP contribution in [0.5, 0.6) is 0 Å². The Balaban J connectivity index is 3.64. The molecule has 1 atom stereocenters. The molecular weight excluding hydrogens is 219 g/mol. The van der Waals surface area contributed by atoms with Gasteiger partial charge in [-0.05, 0) is 12.8 Å². The third-order valence-corrected chi connectivity index (χ3v) is 1.48. The highest BCUT2D eigenvalue weighted by atomic mass is 19.4. The van der Waals surface area contributed by atoms with E-state index in [1.807, 2.05) is 0 Å². The standard InChI is InChI=1S/C7H10F3NO4/c8-7(9,10)6(15)11-3-1-2-4(12)5(13)14/h4,12H,1-3H2,(H,11,15)(H,13,14). The predicted molar refractivity (Wildman–Crippen MR) is 41.9 cm³/mol. The first-order valence-corrected chi connectivity index (χ1v) is 4.01. The second kappa shape index (κ2) is 5.54. The molecule has 0 heterocycles. The lowest BCUT2D eigenvalue weighted by molar-refractivity contribution is -0.173. The number of hydrogen-bond donors (Lipinski definition) is 3. The van der Waals surface area contributed by atoms with Crippen molar-refractivity contribution in [2.45, 2.75) is 25.1 Å². The van der Waals surface area contributed by atoms with Gasteiger partial charge in [-0.3, -0.25) is 4.79 Å². The Labute approximate surface area is 82.9 Å². The summed E-state index contributed by atoms with van der Waals surface area (Å²) < 4.78 is 34.8. The molecule has 0 aromatic carbocycles. The van der Waals surface area contributed by atoms with Crippen molar-refractivity contribution in [3.05, 3.63) is 0 Å². The summed E-state index contributed by atoms with van der Waals surface area (Å²) >= 11 is 0. The molecule has 0 fully saturated rings. The number of amides is 1. The van der Waals surface area contributed by atoms with Gasteiger partial charge >= 0.3 is 18.1 Å². The molecule has 0 aromatic rings. The molecule has 0 aliphatic rings. The lowest BCUT2D eigenvalue weighted by Gasteiger charge is -2.08. The van der Waals surface area contributed by atoms with Crippen LogP contribution in [0.4, 0.5) is 13.2 Å². The number of hydrogen-bond acceptors (Lipinski definition) is 3. The maximum absolute atomic E-state index is 11.6. The van der Waals surface area contributed by atoms with E-state index in [1.165, 1.54) is 0 Å². The van der Waals surface area contributed by atoms with E-state index in [1.54, 1.807) is 5.32 Å². The number of rotatable bonds is 5. The lowest BCUT2D eigenvalue weighted by atomic mass is 10.2. The molecule has 15 heavy (non-hydrogen) atoms. The number of halogens is 3. The van der Waals surface area contributed by atoms with Crippen LogP contribution in [0.15, 0.2) is 0 Å². The van der Waals surface area contributed by atoms with Crippen molar-refractivity contribution in [1.82, 2.24) is 5.32 Å². The van der Waals surface area contributed by atoms with E-state index < -0.39 is 24.2 Å². The van der Waals surface area contributed by atoms with Gasteiger partial charge < -0.3 is 15.5 Å². The third kappa shape index (κ3) is 5.89. The zero-order valence-corrected chi connectivity index (χ0v) is 7.54. The van der Waals surface area contributed by atoms with Gasteiger partial charge in [-0.1, -0.05) is 0 Å². The molecule has 88 valence electrons. The van der Waals surface area contributed by atoms with Crippen LogP contribution in [0, 0.1) is 0 Å². The Morgan fingerprint density at radius 1 is 1.33 bits per heavy atom. The third-order valence-electron chi connectivity index (χ3n) is 1.48. The Morgan fingerprint density at radius 2 is 1.87 bits per heavy atom. The highest BCUT2D eigenvalue weighted by Gasteiger charge is 2.38. The normalized spacial score (nSPS) is 13.3. The quantitative estimate of drug-likeness (QED) is 0.574. The van der Waals surface area contributed by atoms with Gasteiger partial charge in [0.15, 0.2) is 6.10 Å². The molecule has 0 aliphatic heterocycles. The number of carbonyl (C=O) groups is 2. The molecule has 0 rings (SSSR count). The molecule has 0 aromatic heterocycles. The summed E-state index contributed by atoms with van der Waals surface area (Å²) in [5, 5.41) is 18.5. The Bertz CT molecular complexity index is 241. The summed E-state index contributed by atoms with van der Waals surface area (Å²) in [7, 11) is 0. The van der Waals surface area contributed by atoms with Crippen molar-refractivity contribution >= 4 is 11.9 Å². The van der Waals surface area contributed by atoms with Crippen molar-refractivity contribution < 1.29 is 33.0 Å². The number of aliphatic carboxylic acids is 1. The van der Waals surface area contributed by atoms with E-state index in [0.717, 1.165) is 0 Å². The number of alkyl halides is 3. The molecule has 0 saturated heterocycles. The fourth-order valence-corrected chi connectivity index (χ4v) is 0.721. The van der Waals surface area contributed by atoms with Gasteiger partial charge in [-0.15, -0.1) is 0 Å². The van der Waals surface area contributed by atoms with E-state index in [4.69, 9.17) is 10.2 Å². The fraction of sp³-hybridized carbons (Fsp3) is 0.714. The van der Waals surface area contributed by atoms with Crippen molar-refractivity contribution in [3.8, 4) is 0 Å². The number of aliphatic hydroxyl groups is 1. The predicted octanol–water partition coefficient (Wildman–Crippen LogP) is -0.109. The summed E-state index contributed by atoms with van der Waals surface area (Å²) in [6, 6.07) is 0. The molecule has 0 bridgehead atoms. The Hall–Kier alpha value is -1.31. The molecule has 0 spiro atoms. The van der Waals surface area contributed by atoms with E-state index in [-0.39, 0.29) is 19.4 Å². The largest absolute Gasteiger partial charge is 0.479 e. The van der Waals surface area contributed by atoms with Crippen LogP contribution in [-0.2, 0) is 9.59 Å². The summed E-state index contributed by atoms with van der Waals surface area (Å²) in [6.45, 7) is -0.331. The van der Waals surface area contributed by atoms with Crippen LogP contribution < -0.4 is 5.32 Å². The first kappa shape index (κ1) is 13.7. The van der Waals surface area contributed by atoms with Crippen LogP contribution in [0.2, 0.25) is 0 Å². The average Bonchev–Trinajstić information content (AvgIpc) is 2.09. The van der Waals surface area contributed by atoms with Gasteiger partial charge in [-0.25, -0.2) is 4.79 Å². The zero-order chi connectivity index (χ0) is 12.1. The van der Waals surface area contributed by atoms with Gasteiger partial charge in [-0.2, -0.15) is 13.2 Å². The van der Waals surface area contributed by atoms with Crippen molar-refractivity contribution in [2.24, 2.45) is 0 Å². The van der Waals surface area contributed by atoms with E-state index in [9.17, 15) is 22.8 Å². The SMILES string of the molecule is O=C(O)C(O)CCCNC(=O)C(F)(F)F. The minimum Gasteiger partial charge on any atom is -0.479 e. The topological polar surface area (TPSA) is 86.6 Å². The Morgan fingerprint density at radius 3 is 2.27 bits per heavy atom. The molecule has 1 unspecified atom stereocenters. The maximum atomic E-state index is 11.6. The number of carbonyl (C=O) groups excluding carboxylic acids is 1. The molecule has 8 heteroatoms. The summed E-state index contributed by atoms with van der Waals surface area (Å²) in [5.41, 5.74) is 0. The van der Waals surface area contributed by atoms with Gasteiger partial charge in [0, 0.05) is 6.54 Å². The number of nitrogens with one attached hydrogen (secondary N) is 1. The van der Waals surface area contributed by atoms with Crippen LogP contribution >= 0.6 is 0 Å². The van der Waals surface area contributed by atoms with E-state index in [0.29, 0.717) is 0 Å². The van der Waals surface area contributed by atoms with Gasteiger partial charge in [0.25, 0.3) is 0 Å². The molecule has 1 amide bonds. The van der Waals surface area contributed by atoms with Gasteiger partial charge in [0.05, 0.1) is 0 Å². The smallest absolute Gasteiger partial charge is 0.471 e. The second-order valence-electron chi connectivity index (χ2n) is 2.75. The molecule has 0 radical (unpaired) electrons. The van der Waals surface area contributed by atoms with Crippen LogP contribution in [0.25, 0.3) is 0 Å². The first-order valence-electron chi connectivity index (χ1n) is 4.01. The zero-order valence-electron chi connectivity index (χ0n) is 7.54. The summed E-state index contributed by atoms with van der Waals surface area (Å²) in [5.74, 6) is -3.52. The second-order valence-corrected chi connectivity index (χ2v) is 2.75. The minimum absolute atomic E-state index is 0.0463. The van der Waals surface area contributed by atoms with Crippen molar-refractivity contribution in [2.75, 3.05) is 6.54 Å². The average molecular weight is 229 g/mol. The Kier molecular flexibility index (Phi) is 5.06. The highest BCUT2D eigenvalue weighted by Crippen LogP contribution is 2.13. The molecule has 0 aliphatic carbocycles. The minimum atomic E-state index is -4.94. The first-order chi connectivity index (χ1) is 6.75. The van der Waals surface area contributed by atoms with E-state index >= 15 is 0 Å². The van der Waals surface area contributed by atoms with Gasteiger partial charge in [0.1, 0.15) is 0 Å². The fourth-order valence-electron chi connectivity index (χ4n) is 0.721. The number of aliphatic hydroxyl groups excluding tert-OH is 1. The van der Waals surface area contributed by atoms with Crippen LogP contribution in [0.1, 0.15) is 12.8 Å². The molecule has 3 N–H and O–H groups in total. The van der Waals surface area contributed by atoms with Crippen molar-refractivity contribution in [1.29, 1.82) is 0 Å². The van der Waals surface area contributed by atoms with Crippen LogP contribution in [0.3, 0.4) is 0 Å². The molecule has 5 nitrogen and oxygen atoms in total. The maximum Gasteiger partial charge on any atom is 0.471 e. The monoisotopic (exact) mass is 229 g/mol. The lowest BCUT2D eigenvalue weighted by Crippen LogP contribution is -2.37. The molecule has 0 saturated carbocycles. The highest BCUT2D eigenvalue weighted by molar-refractivity contribution is 5.81. The number of carboxylic acids is 1. The number of carboxylic acid groups (broad SMARTS) is 1.